The maximum absolute atomic E-state index is 13.5. The number of carbonyl (C=O) groups is 1. The quantitative estimate of drug-likeness (QED) is 0.0546. The SMILES string of the molecule is CCCCCCCCCCC(O)COc1ccc(CC2C(=O)OC(CCCCCCCCCC)CN2CC(O)CCCCCCCCCC)cc1. The third kappa shape index (κ3) is 22.9. The molecule has 6 nitrogen and oxygen atoms in total. The lowest BCUT2D eigenvalue weighted by Gasteiger charge is -2.39. The van der Waals surface area contributed by atoms with Gasteiger partial charge in [0.25, 0.3) is 0 Å². The molecule has 0 aromatic heterocycles. The third-order valence-electron chi connectivity index (χ3n) is 10.8. The first-order valence-corrected chi connectivity index (χ1v) is 22.0. The number of esters is 1. The molecule has 0 bridgehead atoms. The summed E-state index contributed by atoms with van der Waals surface area (Å²) < 4.78 is 12.0. The number of ether oxygens (including phenoxy) is 2. The van der Waals surface area contributed by atoms with E-state index in [4.69, 9.17) is 9.47 Å². The van der Waals surface area contributed by atoms with Crippen molar-refractivity contribution in [2.75, 3.05) is 19.7 Å². The van der Waals surface area contributed by atoms with Gasteiger partial charge >= 0.3 is 5.97 Å². The molecule has 0 aliphatic carbocycles. The summed E-state index contributed by atoms with van der Waals surface area (Å²) in [5.74, 6) is 0.581. The largest absolute Gasteiger partial charge is 0.491 e. The molecule has 1 aromatic carbocycles. The summed E-state index contributed by atoms with van der Waals surface area (Å²) >= 11 is 0. The summed E-state index contributed by atoms with van der Waals surface area (Å²) in [4.78, 5) is 15.7. The second-order valence-corrected chi connectivity index (χ2v) is 15.8. The molecule has 296 valence electrons. The van der Waals surface area contributed by atoms with Gasteiger partial charge in [0.05, 0.1) is 12.2 Å². The van der Waals surface area contributed by atoms with Crippen LogP contribution in [0.1, 0.15) is 200 Å². The van der Waals surface area contributed by atoms with Crippen LogP contribution in [0.25, 0.3) is 0 Å². The standard InChI is InChI=1S/C45H81NO5/c1-4-7-10-13-16-19-22-25-28-40(47)36-46-37-43(30-27-24-21-18-15-12-9-6-3)51-45(49)44(46)35-39-31-33-42(34-32-39)50-38-41(48)29-26-23-20-17-14-11-8-5-2/h31-34,40-41,43-44,47-48H,4-30,35-38H2,1-3H3. The molecule has 2 N–H and O–H groups in total. The van der Waals surface area contributed by atoms with Gasteiger partial charge in [0.2, 0.25) is 0 Å². The van der Waals surface area contributed by atoms with Crippen LogP contribution >= 0.6 is 0 Å². The summed E-state index contributed by atoms with van der Waals surface area (Å²) in [6.07, 6.45) is 32.2. The van der Waals surface area contributed by atoms with Gasteiger partial charge in [-0.15, -0.1) is 0 Å². The van der Waals surface area contributed by atoms with Crippen LogP contribution in [-0.2, 0) is 16.0 Å². The number of hydrogen-bond acceptors (Lipinski definition) is 6. The number of benzene rings is 1. The van der Waals surface area contributed by atoms with E-state index in [-0.39, 0.29) is 12.1 Å². The Morgan fingerprint density at radius 3 is 1.61 bits per heavy atom. The highest BCUT2D eigenvalue weighted by atomic mass is 16.5. The number of morpholine rings is 1. The molecule has 0 spiro atoms. The van der Waals surface area contributed by atoms with E-state index in [2.05, 4.69) is 25.7 Å². The van der Waals surface area contributed by atoms with Crippen LogP contribution in [0.3, 0.4) is 0 Å². The van der Waals surface area contributed by atoms with Gasteiger partial charge in [0.15, 0.2) is 0 Å². The first-order valence-electron chi connectivity index (χ1n) is 22.0. The Labute approximate surface area is 314 Å². The average molecular weight is 716 g/mol. The zero-order valence-corrected chi connectivity index (χ0v) is 33.6. The minimum absolute atomic E-state index is 0.0999. The highest BCUT2D eigenvalue weighted by Gasteiger charge is 2.37. The smallest absolute Gasteiger partial charge is 0.324 e. The van der Waals surface area contributed by atoms with Crippen molar-refractivity contribution in [3.8, 4) is 5.75 Å². The summed E-state index contributed by atoms with van der Waals surface area (Å²) in [5, 5.41) is 21.5. The van der Waals surface area contributed by atoms with Crippen molar-refractivity contribution in [2.45, 2.75) is 225 Å². The zero-order valence-electron chi connectivity index (χ0n) is 33.6. The Balaban J connectivity index is 1.83. The fourth-order valence-corrected chi connectivity index (χ4v) is 7.50. The third-order valence-corrected chi connectivity index (χ3v) is 10.8. The number of nitrogens with zero attached hydrogens (tertiary/aromatic N) is 1. The number of cyclic esters (lactones) is 1. The second kappa shape index (κ2) is 30.8. The first kappa shape index (κ1) is 45.5. The summed E-state index contributed by atoms with van der Waals surface area (Å²) in [6.45, 7) is 8.27. The van der Waals surface area contributed by atoms with Crippen LogP contribution in [0, 0.1) is 0 Å². The van der Waals surface area contributed by atoms with E-state index in [1.165, 1.54) is 135 Å². The molecule has 1 aromatic rings. The Kier molecular flexibility index (Phi) is 27.5. The summed E-state index contributed by atoms with van der Waals surface area (Å²) in [5.41, 5.74) is 1.05. The minimum atomic E-state index is -0.453. The van der Waals surface area contributed by atoms with Crippen LogP contribution < -0.4 is 4.74 Å². The lowest BCUT2D eigenvalue weighted by molar-refractivity contribution is -0.168. The Bertz CT molecular complexity index is 937. The van der Waals surface area contributed by atoms with Crippen molar-refractivity contribution in [1.82, 2.24) is 4.90 Å². The molecule has 6 heteroatoms. The van der Waals surface area contributed by atoms with Crippen LogP contribution in [-0.4, -0.2) is 65.1 Å². The van der Waals surface area contributed by atoms with Crippen LogP contribution in [0.4, 0.5) is 0 Å². The van der Waals surface area contributed by atoms with Gasteiger partial charge in [-0.2, -0.15) is 0 Å². The molecule has 4 atom stereocenters. The van der Waals surface area contributed by atoms with Gasteiger partial charge < -0.3 is 19.7 Å². The number of aliphatic hydroxyl groups is 2. The van der Waals surface area contributed by atoms with E-state index in [9.17, 15) is 15.0 Å². The molecular formula is C45H81NO5. The number of aliphatic hydroxyl groups excluding tert-OH is 2. The molecule has 4 unspecified atom stereocenters. The topological polar surface area (TPSA) is 79.2 Å². The highest BCUT2D eigenvalue weighted by Crippen LogP contribution is 2.24. The molecular weight excluding hydrogens is 634 g/mol. The van der Waals surface area contributed by atoms with E-state index >= 15 is 0 Å². The molecule has 0 amide bonds. The number of β-amino-alcohol motifs (C(OH)–C–C–N with tert-alkyl or cyclic N) is 1. The normalized spacial score (nSPS) is 17.8. The monoisotopic (exact) mass is 716 g/mol. The predicted molar refractivity (Wildman–Crippen MR) is 215 cm³/mol. The molecule has 1 fully saturated rings. The Morgan fingerprint density at radius 2 is 1.10 bits per heavy atom. The molecule has 1 aliphatic heterocycles. The fraction of sp³-hybridized carbons (Fsp3) is 0.844. The van der Waals surface area contributed by atoms with E-state index in [0.29, 0.717) is 26.1 Å². The van der Waals surface area contributed by atoms with Crippen molar-refractivity contribution in [1.29, 1.82) is 0 Å². The van der Waals surface area contributed by atoms with Gasteiger partial charge in [0.1, 0.15) is 24.5 Å². The van der Waals surface area contributed by atoms with Crippen LogP contribution in [0.5, 0.6) is 5.75 Å². The Morgan fingerprint density at radius 1 is 0.647 bits per heavy atom. The molecule has 1 aliphatic rings. The van der Waals surface area contributed by atoms with Crippen LogP contribution in [0.15, 0.2) is 24.3 Å². The van der Waals surface area contributed by atoms with Crippen molar-refractivity contribution in [3.05, 3.63) is 29.8 Å². The molecule has 2 rings (SSSR count). The number of hydrogen-bond donors (Lipinski definition) is 2. The van der Waals surface area contributed by atoms with Gasteiger partial charge in [-0.05, 0) is 49.8 Å². The lowest BCUT2D eigenvalue weighted by atomic mass is 9.99. The lowest BCUT2D eigenvalue weighted by Crippen LogP contribution is -2.55. The van der Waals surface area contributed by atoms with E-state index < -0.39 is 18.2 Å². The van der Waals surface area contributed by atoms with Crippen LogP contribution in [0.2, 0.25) is 0 Å². The average Bonchev–Trinajstić information content (AvgIpc) is 3.12. The molecule has 1 saturated heterocycles. The second-order valence-electron chi connectivity index (χ2n) is 15.8. The fourth-order valence-electron chi connectivity index (χ4n) is 7.50. The van der Waals surface area contributed by atoms with Gasteiger partial charge in [-0.25, -0.2) is 0 Å². The molecule has 0 radical (unpaired) electrons. The van der Waals surface area contributed by atoms with Gasteiger partial charge in [-0.3, -0.25) is 9.69 Å². The maximum atomic E-state index is 13.5. The zero-order chi connectivity index (χ0) is 36.8. The predicted octanol–water partition coefficient (Wildman–Crippen LogP) is 11.5. The van der Waals surface area contributed by atoms with E-state index in [1.807, 2.05) is 24.3 Å². The molecule has 0 saturated carbocycles. The number of unbranched alkanes of at least 4 members (excludes halogenated alkanes) is 21. The molecule has 51 heavy (non-hydrogen) atoms. The van der Waals surface area contributed by atoms with Crippen molar-refractivity contribution in [3.63, 3.8) is 0 Å². The minimum Gasteiger partial charge on any atom is -0.491 e. The summed E-state index contributed by atoms with van der Waals surface area (Å²) in [7, 11) is 0. The van der Waals surface area contributed by atoms with Crippen molar-refractivity contribution < 1.29 is 24.5 Å². The van der Waals surface area contributed by atoms with E-state index in [0.717, 1.165) is 49.8 Å². The maximum Gasteiger partial charge on any atom is 0.324 e. The number of carbonyl (C=O) groups excluding carboxylic acids is 1. The van der Waals surface area contributed by atoms with E-state index in [1.54, 1.807) is 0 Å². The van der Waals surface area contributed by atoms with Gasteiger partial charge in [0, 0.05) is 13.1 Å². The van der Waals surface area contributed by atoms with Crippen molar-refractivity contribution >= 4 is 5.97 Å². The number of rotatable bonds is 34. The first-order chi connectivity index (χ1) is 25.0. The Hall–Kier alpha value is -1.63. The van der Waals surface area contributed by atoms with Gasteiger partial charge in [-0.1, -0.05) is 181 Å². The summed E-state index contributed by atoms with van der Waals surface area (Å²) in [6, 6.07) is 7.54. The molecule has 1 heterocycles. The highest BCUT2D eigenvalue weighted by molar-refractivity contribution is 5.77. The van der Waals surface area contributed by atoms with Crippen molar-refractivity contribution in [2.24, 2.45) is 0 Å².